The summed E-state index contributed by atoms with van der Waals surface area (Å²) in [5.41, 5.74) is 1.01. The van der Waals surface area contributed by atoms with Gasteiger partial charge in [-0.1, -0.05) is 5.16 Å². The summed E-state index contributed by atoms with van der Waals surface area (Å²) in [7, 11) is 0. The summed E-state index contributed by atoms with van der Waals surface area (Å²) in [5, 5.41) is 7.49. The van der Waals surface area contributed by atoms with E-state index in [1.807, 2.05) is 24.8 Å². The second-order valence-corrected chi connectivity index (χ2v) is 4.56. The number of aryl methyl sites for hydroxylation is 1. The quantitative estimate of drug-likeness (QED) is 0.803. The van der Waals surface area contributed by atoms with Gasteiger partial charge in [-0.3, -0.25) is 0 Å². The van der Waals surface area contributed by atoms with Gasteiger partial charge in [0, 0.05) is 23.6 Å². The van der Waals surface area contributed by atoms with Crippen molar-refractivity contribution < 1.29 is 4.52 Å². The maximum absolute atomic E-state index is 5.02. The molecule has 1 saturated heterocycles. The zero-order valence-electron chi connectivity index (χ0n) is 7.91. The molecule has 1 unspecified atom stereocenters. The van der Waals surface area contributed by atoms with Crippen LogP contribution in [0.3, 0.4) is 0 Å². The van der Waals surface area contributed by atoms with E-state index in [1.54, 1.807) is 0 Å². The number of hydrogen-bond acceptors (Lipinski definition) is 4. The molecule has 0 aliphatic carbocycles. The van der Waals surface area contributed by atoms with Crippen LogP contribution in [0.2, 0.25) is 0 Å². The van der Waals surface area contributed by atoms with Crippen molar-refractivity contribution in [3.63, 3.8) is 0 Å². The minimum atomic E-state index is 0.309. The smallest absolute Gasteiger partial charge is 0.133 e. The Morgan fingerprint density at radius 1 is 1.69 bits per heavy atom. The van der Waals surface area contributed by atoms with Crippen LogP contribution in [0, 0.1) is 6.92 Å². The largest absolute Gasteiger partial charge is 0.361 e. The van der Waals surface area contributed by atoms with Gasteiger partial charge in [0.15, 0.2) is 0 Å². The van der Waals surface area contributed by atoms with Crippen molar-refractivity contribution in [2.24, 2.45) is 0 Å². The molecule has 0 radical (unpaired) electrons. The van der Waals surface area contributed by atoms with Crippen LogP contribution in [0.15, 0.2) is 10.6 Å². The van der Waals surface area contributed by atoms with Crippen LogP contribution in [0.25, 0.3) is 0 Å². The highest BCUT2D eigenvalue weighted by Gasteiger charge is 2.21. The van der Waals surface area contributed by atoms with Crippen LogP contribution in [0.5, 0.6) is 0 Å². The predicted octanol–water partition coefficient (Wildman–Crippen LogP) is 1.75. The molecule has 0 spiro atoms. The van der Waals surface area contributed by atoms with Crippen LogP contribution < -0.4 is 5.32 Å². The van der Waals surface area contributed by atoms with Gasteiger partial charge in [0.2, 0.25) is 0 Å². The molecule has 1 aliphatic rings. The molecule has 0 bridgehead atoms. The summed E-state index contributed by atoms with van der Waals surface area (Å²) in [6.45, 7) is 4.04. The second kappa shape index (κ2) is 3.72. The van der Waals surface area contributed by atoms with E-state index in [1.165, 1.54) is 11.5 Å². The Kier molecular flexibility index (Phi) is 2.60. The molecule has 1 aromatic heterocycles. The first-order chi connectivity index (χ1) is 6.25. The van der Waals surface area contributed by atoms with Crippen molar-refractivity contribution in [1.29, 1.82) is 0 Å². The van der Waals surface area contributed by atoms with Crippen molar-refractivity contribution in [3.05, 3.63) is 17.5 Å². The lowest BCUT2D eigenvalue weighted by atomic mass is 10.2. The molecule has 1 aromatic rings. The fourth-order valence-corrected chi connectivity index (χ4v) is 2.02. The van der Waals surface area contributed by atoms with Crippen LogP contribution >= 0.6 is 11.8 Å². The van der Waals surface area contributed by atoms with Gasteiger partial charge in [-0.15, -0.1) is 0 Å². The number of nitrogens with one attached hydrogen (secondary N) is 1. The third-order valence-corrected chi connectivity index (χ3v) is 3.49. The zero-order valence-corrected chi connectivity index (χ0v) is 8.73. The summed E-state index contributed by atoms with van der Waals surface area (Å²) < 4.78 is 5.02. The van der Waals surface area contributed by atoms with Crippen molar-refractivity contribution in [1.82, 2.24) is 10.5 Å². The third-order valence-electron chi connectivity index (χ3n) is 2.21. The molecule has 1 aliphatic heterocycles. The molecule has 2 rings (SSSR count). The summed E-state index contributed by atoms with van der Waals surface area (Å²) in [6, 6.07) is 2.96. The Morgan fingerprint density at radius 2 is 2.46 bits per heavy atom. The molecule has 4 heteroatoms. The van der Waals surface area contributed by atoms with E-state index >= 15 is 0 Å². The number of nitrogens with zero attached hydrogens (tertiary/aromatic N) is 1. The first kappa shape index (κ1) is 9.09. The van der Waals surface area contributed by atoms with Crippen LogP contribution in [0.4, 0.5) is 0 Å². The van der Waals surface area contributed by atoms with Gasteiger partial charge in [0.05, 0.1) is 6.04 Å². The fraction of sp³-hybridized carbons (Fsp3) is 0.667. The highest BCUT2D eigenvalue weighted by molar-refractivity contribution is 8.00. The van der Waals surface area contributed by atoms with E-state index in [0.717, 1.165) is 11.5 Å². The summed E-state index contributed by atoms with van der Waals surface area (Å²) in [6.07, 6.45) is 0. The normalized spacial score (nSPS) is 19.8. The Labute approximate surface area is 82.3 Å². The highest BCUT2D eigenvalue weighted by Crippen LogP contribution is 2.21. The summed E-state index contributed by atoms with van der Waals surface area (Å²) >= 11 is 1.98. The Morgan fingerprint density at radius 3 is 2.92 bits per heavy atom. The predicted molar refractivity (Wildman–Crippen MR) is 53.9 cm³/mol. The third kappa shape index (κ3) is 2.06. The van der Waals surface area contributed by atoms with E-state index < -0.39 is 0 Å². The van der Waals surface area contributed by atoms with Crippen LogP contribution in [-0.4, -0.2) is 22.7 Å². The lowest BCUT2D eigenvalue weighted by Crippen LogP contribution is -2.41. The van der Waals surface area contributed by atoms with Crippen molar-refractivity contribution in [2.75, 3.05) is 11.5 Å². The molecule has 13 heavy (non-hydrogen) atoms. The summed E-state index contributed by atoms with van der Waals surface area (Å²) in [4.78, 5) is 0. The minimum Gasteiger partial charge on any atom is -0.361 e. The van der Waals surface area contributed by atoms with E-state index in [0.29, 0.717) is 12.1 Å². The first-order valence-corrected chi connectivity index (χ1v) is 5.68. The first-order valence-electron chi connectivity index (χ1n) is 4.52. The highest BCUT2D eigenvalue weighted by atomic mass is 32.2. The SMILES string of the molecule is Cc1cc(C(C)NC2CSC2)no1. The molecule has 1 N–H and O–H groups in total. The molecule has 1 fully saturated rings. The number of thioether (sulfide) groups is 1. The zero-order chi connectivity index (χ0) is 9.26. The maximum atomic E-state index is 5.02. The fourth-order valence-electron chi connectivity index (χ4n) is 1.36. The molecule has 0 aromatic carbocycles. The number of hydrogen-bond donors (Lipinski definition) is 1. The lowest BCUT2D eigenvalue weighted by Gasteiger charge is -2.28. The van der Waals surface area contributed by atoms with Gasteiger partial charge < -0.3 is 9.84 Å². The van der Waals surface area contributed by atoms with Gasteiger partial charge in [-0.25, -0.2) is 0 Å². The Bertz CT molecular complexity index is 283. The van der Waals surface area contributed by atoms with Gasteiger partial charge in [0.1, 0.15) is 11.5 Å². The molecular weight excluding hydrogens is 184 g/mol. The van der Waals surface area contributed by atoms with Crippen molar-refractivity contribution in [3.8, 4) is 0 Å². The molecule has 1 atom stereocenters. The van der Waals surface area contributed by atoms with Crippen LogP contribution in [0.1, 0.15) is 24.4 Å². The molecule has 0 saturated carbocycles. The Balaban J connectivity index is 1.92. The Hall–Kier alpha value is -0.480. The molecule has 2 heterocycles. The standard InChI is InChI=1S/C9H14N2OS/c1-6-3-9(11-12-6)7(2)10-8-4-13-5-8/h3,7-8,10H,4-5H2,1-2H3. The van der Waals surface area contributed by atoms with Gasteiger partial charge >= 0.3 is 0 Å². The summed E-state index contributed by atoms with van der Waals surface area (Å²) in [5.74, 6) is 3.33. The topological polar surface area (TPSA) is 38.1 Å². The van der Waals surface area contributed by atoms with Crippen LogP contribution in [-0.2, 0) is 0 Å². The van der Waals surface area contributed by atoms with Crippen molar-refractivity contribution >= 4 is 11.8 Å². The van der Waals surface area contributed by atoms with E-state index in [4.69, 9.17) is 4.52 Å². The number of aromatic nitrogens is 1. The number of rotatable bonds is 3. The molecule has 0 amide bonds. The molecule has 3 nitrogen and oxygen atoms in total. The monoisotopic (exact) mass is 198 g/mol. The van der Waals surface area contributed by atoms with E-state index in [9.17, 15) is 0 Å². The average molecular weight is 198 g/mol. The van der Waals surface area contributed by atoms with Gasteiger partial charge in [-0.2, -0.15) is 11.8 Å². The molecular formula is C9H14N2OS. The average Bonchev–Trinajstić information content (AvgIpc) is 2.44. The van der Waals surface area contributed by atoms with Crippen molar-refractivity contribution in [2.45, 2.75) is 25.9 Å². The minimum absolute atomic E-state index is 0.309. The molecule has 72 valence electrons. The van der Waals surface area contributed by atoms with E-state index in [-0.39, 0.29) is 0 Å². The maximum Gasteiger partial charge on any atom is 0.133 e. The van der Waals surface area contributed by atoms with Gasteiger partial charge in [0.25, 0.3) is 0 Å². The van der Waals surface area contributed by atoms with Gasteiger partial charge in [-0.05, 0) is 13.8 Å². The van der Waals surface area contributed by atoms with E-state index in [2.05, 4.69) is 17.4 Å². The lowest BCUT2D eigenvalue weighted by molar-refractivity contribution is 0.377. The second-order valence-electron chi connectivity index (χ2n) is 3.49.